The highest BCUT2D eigenvalue weighted by Gasteiger charge is 1.96. The summed E-state index contributed by atoms with van der Waals surface area (Å²) in [6.45, 7) is 1.49. The van der Waals surface area contributed by atoms with Crippen LogP contribution in [-0.4, -0.2) is 30.8 Å². The Kier molecular flexibility index (Phi) is 5.55. The van der Waals surface area contributed by atoms with Crippen molar-refractivity contribution < 1.29 is 14.6 Å². The molecule has 0 aliphatic rings. The van der Waals surface area contributed by atoms with Gasteiger partial charge in [-0.2, -0.15) is 5.26 Å². The molecule has 1 rings (SSSR count). The van der Waals surface area contributed by atoms with E-state index in [0.29, 0.717) is 31.0 Å². The molecule has 0 spiro atoms. The van der Waals surface area contributed by atoms with E-state index < -0.39 is 5.97 Å². The van der Waals surface area contributed by atoms with Gasteiger partial charge in [-0.3, -0.25) is 4.79 Å². The molecule has 0 bridgehead atoms. The van der Waals surface area contributed by atoms with Crippen molar-refractivity contribution in [3.8, 4) is 11.8 Å². The second-order valence-electron chi connectivity index (χ2n) is 3.38. The lowest BCUT2D eigenvalue weighted by Crippen LogP contribution is -2.23. The van der Waals surface area contributed by atoms with Crippen molar-refractivity contribution in [1.29, 1.82) is 5.26 Å². The van der Waals surface area contributed by atoms with Gasteiger partial charge in [0.15, 0.2) is 0 Å². The Morgan fingerprint density at radius 3 is 2.65 bits per heavy atom. The zero-order valence-electron chi connectivity index (χ0n) is 9.35. The molecule has 17 heavy (non-hydrogen) atoms. The molecule has 0 aliphatic heterocycles. The molecule has 5 nitrogen and oxygen atoms in total. The molecule has 0 aliphatic carbocycles. The molecule has 0 unspecified atom stereocenters. The minimum atomic E-state index is -0.814. The first kappa shape index (κ1) is 13.0. The van der Waals surface area contributed by atoms with Crippen molar-refractivity contribution >= 4 is 5.97 Å². The Bertz CT molecular complexity index is 395. The number of aliphatic carboxylic acids is 1. The monoisotopic (exact) mass is 234 g/mol. The van der Waals surface area contributed by atoms with Crippen molar-refractivity contribution in [3.05, 3.63) is 29.8 Å². The normalized spacial score (nSPS) is 9.59. The van der Waals surface area contributed by atoms with Crippen LogP contribution in [0.1, 0.15) is 12.0 Å². The molecule has 1 aromatic rings. The summed E-state index contributed by atoms with van der Waals surface area (Å²) < 4.78 is 5.39. The summed E-state index contributed by atoms with van der Waals surface area (Å²) in [5, 5.41) is 19.9. The second-order valence-corrected chi connectivity index (χ2v) is 3.38. The fraction of sp³-hybridized carbons (Fsp3) is 0.333. The van der Waals surface area contributed by atoms with Gasteiger partial charge in [-0.05, 0) is 24.3 Å². The van der Waals surface area contributed by atoms with Gasteiger partial charge in [-0.25, -0.2) is 0 Å². The van der Waals surface area contributed by atoms with Crippen LogP contribution in [0.3, 0.4) is 0 Å². The smallest absolute Gasteiger partial charge is 0.304 e. The molecular formula is C12H14N2O3. The van der Waals surface area contributed by atoms with Crippen LogP contribution in [0, 0.1) is 11.3 Å². The SMILES string of the molecule is N#Cc1ccc(OCCNCCC(=O)O)cc1. The fourth-order valence-corrected chi connectivity index (χ4v) is 1.19. The molecule has 1 aromatic carbocycles. The van der Waals surface area contributed by atoms with Gasteiger partial charge in [0.1, 0.15) is 12.4 Å². The predicted octanol–water partition coefficient (Wildman–Crippen LogP) is 1.00. The highest BCUT2D eigenvalue weighted by Crippen LogP contribution is 2.10. The molecule has 0 heterocycles. The number of hydrogen-bond donors (Lipinski definition) is 2. The van der Waals surface area contributed by atoms with Gasteiger partial charge >= 0.3 is 5.97 Å². The summed E-state index contributed by atoms with van der Waals surface area (Å²) in [7, 11) is 0. The maximum Gasteiger partial charge on any atom is 0.304 e. The quantitative estimate of drug-likeness (QED) is 0.688. The number of nitrogens with zero attached hydrogens (tertiary/aromatic N) is 1. The molecule has 0 fully saturated rings. The van der Waals surface area contributed by atoms with Crippen LogP contribution >= 0.6 is 0 Å². The van der Waals surface area contributed by atoms with Crippen molar-refractivity contribution in [2.75, 3.05) is 19.7 Å². The molecule has 90 valence electrons. The van der Waals surface area contributed by atoms with E-state index in [4.69, 9.17) is 15.1 Å². The minimum Gasteiger partial charge on any atom is -0.492 e. The van der Waals surface area contributed by atoms with E-state index >= 15 is 0 Å². The Morgan fingerprint density at radius 1 is 1.35 bits per heavy atom. The molecule has 0 saturated heterocycles. The first-order valence-electron chi connectivity index (χ1n) is 5.28. The van der Waals surface area contributed by atoms with Crippen LogP contribution in [0.5, 0.6) is 5.75 Å². The number of carbonyl (C=O) groups is 1. The van der Waals surface area contributed by atoms with Crippen LogP contribution < -0.4 is 10.1 Å². The van der Waals surface area contributed by atoms with E-state index in [1.54, 1.807) is 24.3 Å². The topological polar surface area (TPSA) is 82.3 Å². The number of nitrogens with one attached hydrogen (secondary N) is 1. The first-order valence-corrected chi connectivity index (χ1v) is 5.28. The Hall–Kier alpha value is -2.06. The van der Waals surface area contributed by atoms with Gasteiger partial charge in [0.05, 0.1) is 18.1 Å². The summed E-state index contributed by atoms with van der Waals surface area (Å²) >= 11 is 0. The lowest BCUT2D eigenvalue weighted by atomic mass is 10.2. The van der Waals surface area contributed by atoms with Gasteiger partial charge in [0.25, 0.3) is 0 Å². The number of ether oxygens (including phenoxy) is 1. The fourth-order valence-electron chi connectivity index (χ4n) is 1.19. The standard InChI is InChI=1S/C12H14N2O3/c13-9-10-1-3-11(4-2-10)17-8-7-14-6-5-12(15)16/h1-4,14H,5-8H2,(H,15,16). The van der Waals surface area contributed by atoms with E-state index in [1.807, 2.05) is 6.07 Å². The Balaban J connectivity index is 2.14. The Labute approximate surface area is 99.6 Å². The Morgan fingerprint density at radius 2 is 2.06 bits per heavy atom. The third kappa shape index (κ3) is 5.54. The third-order valence-electron chi connectivity index (χ3n) is 2.05. The molecule has 0 atom stereocenters. The van der Waals surface area contributed by atoms with Crippen LogP contribution in [-0.2, 0) is 4.79 Å². The molecule has 0 radical (unpaired) electrons. The molecule has 0 amide bonds. The molecule has 0 saturated carbocycles. The summed E-state index contributed by atoms with van der Waals surface area (Å²) in [6, 6.07) is 8.86. The van der Waals surface area contributed by atoms with E-state index in [0.717, 1.165) is 0 Å². The molecule has 2 N–H and O–H groups in total. The van der Waals surface area contributed by atoms with Crippen molar-refractivity contribution in [1.82, 2.24) is 5.32 Å². The zero-order chi connectivity index (χ0) is 12.5. The van der Waals surface area contributed by atoms with Gasteiger partial charge < -0.3 is 15.2 Å². The van der Waals surface area contributed by atoms with Crippen LogP contribution in [0.15, 0.2) is 24.3 Å². The number of rotatable bonds is 7. The highest BCUT2D eigenvalue weighted by atomic mass is 16.5. The van der Waals surface area contributed by atoms with Crippen molar-refractivity contribution in [2.45, 2.75) is 6.42 Å². The zero-order valence-corrected chi connectivity index (χ0v) is 9.35. The van der Waals surface area contributed by atoms with Gasteiger partial charge in [-0.15, -0.1) is 0 Å². The number of benzene rings is 1. The molecular weight excluding hydrogens is 220 g/mol. The molecule has 0 aromatic heterocycles. The van der Waals surface area contributed by atoms with Gasteiger partial charge in [-0.1, -0.05) is 0 Å². The van der Waals surface area contributed by atoms with E-state index in [9.17, 15) is 4.79 Å². The van der Waals surface area contributed by atoms with Gasteiger partial charge in [0, 0.05) is 13.1 Å². The van der Waals surface area contributed by atoms with E-state index in [-0.39, 0.29) is 6.42 Å². The number of carboxylic acids is 1. The van der Waals surface area contributed by atoms with Crippen LogP contribution in [0.2, 0.25) is 0 Å². The van der Waals surface area contributed by atoms with E-state index in [1.165, 1.54) is 0 Å². The number of nitriles is 1. The maximum absolute atomic E-state index is 10.2. The highest BCUT2D eigenvalue weighted by molar-refractivity contribution is 5.66. The number of carboxylic acid groups (broad SMARTS) is 1. The first-order chi connectivity index (χ1) is 8.22. The average Bonchev–Trinajstić information content (AvgIpc) is 2.34. The lowest BCUT2D eigenvalue weighted by Gasteiger charge is -2.06. The summed E-state index contributed by atoms with van der Waals surface area (Å²) in [4.78, 5) is 10.2. The van der Waals surface area contributed by atoms with Gasteiger partial charge in [0.2, 0.25) is 0 Å². The van der Waals surface area contributed by atoms with Crippen LogP contribution in [0.4, 0.5) is 0 Å². The summed E-state index contributed by atoms with van der Waals surface area (Å²) in [5.41, 5.74) is 0.594. The summed E-state index contributed by atoms with van der Waals surface area (Å²) in [5.74, 6) is -0.116. The lowest BCUT2D eigenvalue weighted by molar-refractivity contribution is -0.136. The van der Waals surface area contributed by atoms with Crippen LogP contribution in [0.25, 0.3) is 0 Å². The average molecular weight is 234 g/mol. The minimum absolute atomic E-state index is 0.108. The number of hydrogen-bond acceptors (Lipinski definition) is 4. The largest absolute Gasteiger partial charge is 0.492 e. The van der Waals surface area contributed by atoms with E-state index in [2.05, 4.69) is 5.32 Å². The third-order valence-corrected chi connectivity index (χ3v) is 2.05. The molecule has 5 heteroatoms. The van der Waals surface area contributed by atoms with Crippen molar-refractivity contribution in [2.24, 2.45) is 0 Å². The summed E-state index contributed by atoms with van der Waals surface area (Å²) in [6.07, 6.45) is 0.108. The maximum atomic E-state index is 10.2. The predicted molar refractivity (Wildman–Crippen MR) is 61.8 cm³/mol. The second kappa shape index (κ2) is 7.25. The van der Waals surface area contributed by atoms with Crippen molar-refractivity contribution in [3.63, 3.8) is 0 Å².